The Morgan fingerprint density at radius 3 is 2.61 bits per heavy atom. The predicted molar refractivity (Wildman–Crippen MR) is 98.8 cm³/mol. The van der Waals surface area contributed by atoms with Gasteiger partial charge in [-0.2, -0.15) is 0 Å². The molecule has 1 aliphatic rings. The number of amides is 1. The number of hydrogen-bond acceptors (Lipinski definition) is 7. The maximum atomic E-state index is 12.9. The van der Waals surface area contributed by atoms with Gasteiger partial charge in [-0.15, -0.1) is 0 Å². The largest absolute Gasteiger partial charge is 0.472 e. The van der Waals surface area contributed by atoms with Crippen LogP contribution < -0.4 is 9.64 Å². The van der Waals surface area contributed by atoms with E-state index < -0.39 is 34.3 Å². The van der Waals surface area contributed by atoms with E-state index in [-0.39, 0.29) is 18.2 Å². The molecule has 0 saturated carbocycles. The van der Waals surface area contributed by atoms with Crippen molar-refractivity contribution >= 4 is 23.5 Å². The lowest BCUT2D eigenvalue weighted by Crippen LogP contribution is -2.57. The fourth-order valence-corrected chi connectivity index (χ4v) is 2.80. The van der Waals surface area contributed by atoms with Crippen molar-refractivity contribution in [2.75, 3.05) is 4.90 Å². The van der Waals surface area contributed by atoms with Gasteiger partial charge in [0, 0.05) is 6.07 Å². The van der Waals surface area contributed by atoms with Gasteiger partial charge in [0.05, 0.1) is 0 Å². The molecule has 3 rings (SSSR count). The van der Waals surface area contributed by atoms with Gasteiger partial charge in [-0.3, -0.25) is 9.69 Å². The van der Waals surface area contributed by atoms with E-state index >= 15 is 0 Å². The van der Waals surface area contributed by atoms with Crippen molar-refractivity contribution < 1.29 is 24.0 Å². The highest BCUT2D eigenvalue weighted by Gasteiger charge is 2.48. The summed E-state index contributed by atoms with van der Waals surface area (Å²) in [6, 6.07) is 10.6. The van der Waals surface area contributed by atoms with Crippen molar-refractivity contribution in [1.29, 1.82) is 0 Å². The Hall–Kier alpha value is -3.49. The average Bonchev–Trinajstić information content (AvgIpc) is 2.67. The molecule has 0 radical (unpaired) electrons. The molecule has 146 valence electrons. The van der Waals surface area contributed by atoms with Crippen LogP contribution in [0.15, 0.2) is 42.5 Å². The van der Waals surface area contributed by atoms with E-state index in [0.29, 0.717) is 0 Å². The number of rotatable bonds is 5. The molecule has 9 heteroatoms. The molecule has 0 N–H and O–H groups in total. The second-order valence-corrected chi connectivity index (χ2v) is 6.81. The van der Waals surface area contributed by atoms with Crippen LogP contribution in [0.5, 0.6) is 5.75 Å². The molecule has 2 aromatic rings. The number of benzene rings is 1. The summed E-state index contributed by atoms with van der Waals surface area (Å²) in [7, 11) is 0. The lowest BCUT2D eigenvalue weighted by atomic mass is 10.0. The summed E-state index contributed by atoms with van der Waals surface area (Å²) in [6.07, 6.45) is 0. The maximum absolute atomic E-state index is 12.9. The number of hydrogen-bond donors (Lipinski definition) is 0. The van der Waals surface area contributed by atoms with E-state index in [0.717, 1.165) is 10.5 Å². The van der Waals surface area contributed by atoms with E-state index in [1.165, 1.54) is 19.1 Å². The van der Waals surface area contributed by atoms with Crippen LogP contribution >= 0.6 is 0 Å². The van der Waals surface area contributed by atoms with Gasteiger partial charge in [0.15, 0.2) is 11.4 Å². The predicted octanol–water partition coefficient (Wildman–Crippen LogP) is 2.63. The molecule has 28 heavy (non-hydrogen) atoms. The standard InChI is InChI=1S/C19H19N3O6/c1-12(17(23)27-11-13-7-5-4-6-8-13)21-16-14(28-19(2,3)18(21)24)9-10-15(20-16)22(25)26/h4-10,12H,11H2,1-3H3. The van der Waals surface area contributed by atoms with Gasteiger partial charge in [0.1, 0.15) is 12.6 Å². The number of ether oxygens (including phenoxy) is 2. The summed E-state index contributed by atoms with van der Waals surface area (Å²) in [5.41, 5.74) is -0.468. The van der Waals surface area contributed by atoms with E-state index in [1.54, 1.807) is 26.0 Å². The zero-order valence-corrected chi connectivity index (χ0v) is 15.6. The van der Waals surface area contributed by atoms with Gasteiger partial charge in [0.25, 0.3) is 11.7 Å². The summed E-state index contributed by atoms with van der Waals surface area (Å²) in [5, 5.41) is 11.1. The van der Waals surface area contributed by atoms with Crippen molar-refractivity contribution in [3.63, 3.8) is 0 Å². The number of carbonyl (C=O) groups excluding carboxylic acids is 2. The van der Waals surface area contributed by atoms with Crippen LogP contribution in [0.25, 0.3) is 0 Å². The van der Waals surface area contributed by atoms with Crippen molar-refractivity contribution in [1.82, 2.24) is 4.98 Å². The molecule has 1 amide bonds. The van der Waals surface area contributed by atoms with E-state index in [4.69, 9.17) is 9.47 Å². The maximum Gasteiger partial charge on any atom is 0.366 e. The first-order valence-corrected chi connectivity index (χ1v) is 8.59. The number of nitro groups is 1. The highest BCUT2D eigenvalue weighted by Crippen LogP contribution is 2.38. The lowest BCUT2D eigenvalue weighted by Gasteiger charge is -2.37. The number of aromatic nitrogens is 1. The van der Waals surface area contributed by atoms with Crippen LogP contribution in [0.2, 0.25) is 0 Å². The molecule has 9 nitrogen and oxygen atoms in total. The molecule has 1 unspecified atom stereocenters. The van der Waals surface area contributed by atoms with Gasteiger partial charge < -0.3 is 19.6 Å². The monoisotopic (exact) mass is 385 g/mol. The second kappa shape index (κ2) is 7.26. The molecule has 0 fully saturated rings. The third-order valence-electron chi connectivity index (χ3n) is 4.29. The summed E-state index contributed by atoms with van der Waals surface area (Å²) >= 11 is 0. The van der Waals surface area contributed by atoms with Gasteiger partial charge in [-0.05, 0) is 42.3 Å². The number of anilines is 1. The lowest BCUT2D eigenvalue weighted by molar-refractivity contribution is -0.389. The second-order valence-electron chi connectivity index (χ2n) is 6.81. The van der Waals surface area contributed by atoms with E-state index in [9.17, 15) is 19.7 Å². The summed E-state index contributed by atoms with van der Waals surface area (Å²) in [4.78, 5) is 40.9. The highest BCUT2D eigenvalue weighted by molar-refractivity contribution is 6.05. The van der Waals surface area contributed by atoms with Gasteiger partial charge in [-0.1, -0.05) is 30.3 Å². The van der Waals surface area contributed by atoms with Crippen LogP contribution in [0, 0.1) is 10.1 Å². The van der Waals surface area contributed by atoms with Crippen LogP contribution in [0.1, 0.15) is 26.3 Å². The Morgan fingerprint density at radius 1 is 1.29 bits per heavy atom. The van der Waals surface area contributed by atoms with Crippen LogP contribution in [0.4, 0.5) is 11.6 Å². The van der Waals surface area contributed by atoms with Crippen molar-refractivity contribution in [2.24, 2.45) is 0 Å². The zero-order valence-electron chi connectivity index (χ0n) is 15.6. The SMILES string of the molecule is CC(C(=O)OCc1ccccc1)N1C(=O)C(C)(C)Oc2ccc([N+](=O)[O-])nc21. The topological polar surface area (TPSA) is 112 Å². The minimum atomic E-state index is -1.27. The first-order valence-electron chi connectivity index (χ1n) is 8.59. The molecule has 1 atom stereocenters. The molecule has 0 spiro atoms. The van der Waals surface area contributed by atoms with E-state index in [2.05, 4.69) is 4.98 Å². The Morgan fingerprint density at radius 2 is 1.96 bits per heavy atom. The first-order chi connectivity index (χ1) is 13.2. The minimum absolute atomic E-state index is 0.0428. The van der Waals surface area contributed by atoms with Gasteiger partial charge >= 0.3 is 11.8 Å². The number of fused-ring (bicyclic) bond motifs is 1. The Labute approximate surface area is 161 Å². The summed E-state index contributed by atoms with van der Waals surface area (Å²) in [6.45, 7) is 4.63. The number of pyridine rings is 1. The normalized spacial score (nSPS) is 16.0. The van der Waals surface area contributed by atoms with Crippen molar-refractivity contribution in [2.45, 2.75) is 39.0 Å². The van der Waals surface area contributed by atoms with E-state index in [1.807, 2.05) is 18.2 Å². The molecule has 2 heterocycles. The summed E-state index contributed by atoms with van der Waals surface area (Å²) in [5.74, 6) is -1.56. The van der Waals surface area contributed by atoms with Crippen LogP contribution in [-0.2, 0) is 20.9 Å². The fourth-order valence-electron chi connectivity index (χ4n) is 2.80. The number of carbonyl (C=O) groups is 2. The Kier molecular flexibility index (Phi) is 5.00. The smallest absolute Gasteiger partial charge is 0.366 e. The minimum Gasteiger partial charge on any atom is -0.472 e. The molecule has 1 aliphatic heterocycles. The Bertz CT molecular complexity index is 929. The number of nitrogens with zero attached hydrogens (tertiary/aromatic N) is 3. The van der Waals surface area contributed by atoms with Crippen molar-refractivity contribution in [3.05, 3.63) is 58.1 Å². The fraction of sp³-hybridized carbons (Fsp3) is 0.316. The third-order valence-corrected chi connectivity index (χ3v) is 4.29. The molecular formula is C19H19N3O6. The summed E-state index contributed by atoms with van der Waals surface area (Å²) < 4.78 is 10.9. The molecule has 0 bridgehead atoms. The third kappa shape index (κ3) is 3.64. The molecule has 1 aromatic heterocycles. The molecule has 0 aliphatic carbocycles. The number of esters is 1. The quantitative estimate of drug-likeness (QED) is 0.442. The molecule has 0 saturated heterocycles. The zero-order chi connectivity index (χ0) is 20.5. The molecular weight excluding hydrogens is 366 g/mol. The molecule has 1 aromatic carbocycles. The highest BCUT2D eigenvalue weighted by atomic mass is 16.6. The van der Waals surface area contributed by atoms with Crippen LogP contribution in [0.3, 0.4) is 0 Å². The van der Waals surface area contributed by atoms with Gasteiger partial charge in [0.2, 0.25) is 0 Å². The van der Waals surface area contributed by atoms with Crippen molar-refractivity contribution in [3.8, 4) is 5.75 Å². The van der Waals surface area contributed by atoms with Gasteiger partial charge in [-0.25, -0.2) is 4.79 Å². The first kappa shape index (κ1) is 19.3. The Balaban J connectivity index is 1.90. The van der Waals surface area contributed by atoms with Crippen LogP contribution in [-0.4, -0.2) is 33.4 Å². The average molecular weight is 385 g/mol.